The molecule has 28 heavy (non-hydrogen) atoms. The molecule has 0 unspecified atom stereocenters. The summed E-state index contributed by atoms with van der Waals surface area (Å²) in [6.45, 7) is 0.964. The van der Waals surface area contributed by atoms with E-state index in [4.69, 9.17) is 0 Å². The lowest BCUT2D eigenvalue weighted by atomic mass is 10.2. The van der Waals surface area contributed by atoms with Crippen molar-refractivity contribution >= 4 is 27.4 Å². The summed E-state index contributed by atoms with van der Waals surface area (Å²) in [4.78, 5) is 27.1. The summed E-state index contributed by atoms with van der Waals surface area (Å²) in [5.74, 6) is -0.677. The summed E-state index contributed by atoms with van der Waals surface area (Å²) in [5.41, 5.74) is 1.69. The molecule has 2 N–H and O–H groups in total. The van der Waals surface area contributed by atoms with Crippen molar-refractivity contribution in [3.63, 3.8) is 0 Å². The molecule has 9 nitrogen and oxygen atoms in total. The number of carbonyl (C=O) groups is 2. The third-order valence-corrected chi connectivity index (χ3v) is 5.25. The number of rotatable bonds is 7. The largest absolute Gasteiger partial charge is 0.325 e. The van der Waals surface area contributed by atoms with Gasteiger partial charge in [-0.2, -0.15) is 5.10 Å². The van der Waals surface area contributed by atoms with E-state index in [1.165, 1.54) is 37.5 Å². The highest BCUT2D eigenvalue weighted by Crippen LogP contribution is 2.13. The smallest absolute Gasteiger partial charge is 0.241 e. The second-order valence-corrected chi connectivity index (χ2v) is 7.61. The quantitative estimate of drug-likeness (QED) is 0.579. The van der Waals surface area contributed by atoms with Gasteiger partial charge in [0.05, 0.1) is 17.1 Å². The molecule has 10 heteroatoms. The lowest BCUT2D eigenvalue weighted by Crippen LogP contribution is -2.32. The van der Waals surface area contributed by atoms with Gasteiger partial charge in [-0.25, -0.2) is 22.8 Å². The van der Waals surface area contributed by atoms with Gasteiger partial charge in [0.15, 0.2) is 5.78 Å². The molecule has 0 fully saturated rings. The van der Waals surface area contributed by atoms with Gasteiger partial charge in [-0.1, -0.05) is 12.1 Å². The first-order valence-corrected chi connectivity index (χ1v) is 9.69. The minimum Gasteiger partial charge on any atom is -0.325 e. The Hall–Kier alpha value is -3.37. The van der Waals surface area contributed by atoms with Gasteiger partial charge in [0.1, 0.15) is 12.7 Å². The first kappa shape index (κ1) is 19.4. The maximum absolute atomic E-state index is 12.3. The molecule has 0 aliphatic heterocycles. The number of amides is 1. The van der Waals surface area contributed by atoms with Crippen molar-refractivity contribution in [3.8, 4) is 5.69 Å². The van der Waals surface area contributed by atoms with E-state index in [1.54, 1.807) is 35.3 Å². The summed E-state index contributed by atoms with van der Waals surface area (Å²) in [6, 6.07) is 12.3. The number of ketones is 1. The fourth-order valence-electron chi connectivity index (χ4n) is 2.36. The van der Waals surface area contributed by atoms with E-state index in [0.29, 0.717) is 11.3 Å². The summed E-state index contributed by atoms with van der Waals surface area (Å²) >= 11 is 0. The Morgan fingerprint density at radius 3 is 2.29 bits per heavy atom. The van der Waals surface area contributed by atoms with Crippen LogP contribution in [0.1, 0.15) is 17.3 Å². The fraction of sp³-hybridized carbons (Fsp3) is 0.111. The average molecular weight is 399 g/mol. The monoisotopic (exact) mass is 399 g/mol. The third-order valence-electron chi connectivity index (χ3n) is 3.83. The van der Waals surface area contributed by atoms with Crippen LogP contribution < -0.4 is 10.0 Å². The summed E-state index contributed by atoms with van der Waals surface area (Å²) < 4.78 is 28.3. The van der Waals surface area contributed by atoms with Gasteiger partial charge in [0.2, 0.25) is 15.9 Å². The number of hydrogen-bond acceptors (Lipinski definition) is 6. The van der Waals surface area contributed by atoms with Crippen molar-refractivity contribution in [2.24, 2.45) is 0 Å². The zero-order chi connectivity index (χ0) is 20.1. The summed E-state index contributed by atoms with van der Waals surface area (Å²) in [5, 5.41) is 6.61. The molecule has 1 amide bonds. The average Bonchev–Trinajstić information content (AvgIpc) is 3.22. The first-order valence-electron chi connectivity index (χ1n) is 8.21. The third kappa shape index (κ3) is 4.67. The Morgan fingerprint density at radius 1 is 1.04 bits per heavy atom. The van der Waals surface area contributed by atoms with E-state index in [9.17, 15) is 18.0 Å². The maximum atomic E-state index is 12.3. The number of aromatic nitrogens is 3. The number of carbonyl (C=O) groups excluding carboxylic acids is 2. The van der Waals surface area contributed by atoms with Crippen molar-refractivity contribution in [1.82, 2.24) is 19.5 Å². The Bertz CT molecular complexity index is 1080. The van der Waals surface area contributed by atoms with Crippen LogP contribution >= 0.6 is 0 Å². The molecular weight excluding hydrogens is 382 g/mol. The van der Waals surface area contributed by atoms with Crippen LogP contribution in [0.3, 0.4) is 0 Å². The topological polar surface area (TPSA) is 123 Å². The van der Waals surface area contributed by atoms with Crippen LogP contribution in [0.15, 0.2) is 66.1 Å². The molecule has 0 spiro atoms. The summed E-state index contributed by atoms with van der Waals surface area (Å²) in [7, 11) is -3.87. The lowest BCUT2D eigenvalue weighted by molar-refractivity contribution is -0.115. The molecule has 0 saturated heterocycles. The van der Waals surface area contributed by atoms with Crippen LogP contribution in [0.4, 0.5) is 5.69 Å². The van der Waals surface area contributed by atoms with Gasteiger partial charge in [-0.15, -0.1) is 0 Å². The van der Waals surface area contributed by atoms with Crippen LogP contribution in [0.25, 0.3) is 5.69 Å². The molecule has 0 saturated carbocycles. The SMILES string of the molecule is CC(=O)c1ccc(S(=O)(=O)NCC(=O)Nc2ccc(-n3cncn3)cc2)cc1. The highest BCUT2D eigenvalue weighted by Gasteiger charge is 2.16. The Morgan fingerprint density at radius 2 is 1.71 bits per heavy atom. The molecule has 1 aromatic heterocycles. The molecule has 1 heterocycles. The van der Waals surface area contributed by atoms with Crippen molar-refractivity contribution in [1.29, 1.82) is 0 Å². The number of anilines is 1. The number of benzene rings is 2. The van der Waals surface area contributed by atoms with Crippen LogP contribution in [-0.2, 0) is 14.8 Å². The van der Waals surface area contributed by atoms with Gasteiger partial charge >= 0.3 is 0 Å². The molecule has 0 radical (unpaired) electrons. The predicted molar refractivity (Wildman–Crippen MR) is 102 cm³/mol. The van der Waals surface area contributed by atoms with Gasteiger partial charge in [-0.05, 0) is 43.3 Å². The Balaban J connectivity index is 1.58. The van der Waals surface area contributed by atoms with E-state index >= 15 is 0 Å². The van der Waals surface area contributed by atoms with Crippen molar-refractivity contribution in [2.75, 3.05) is 11.9 Å². The van der Waals surface area contributed by atoms with Gasteiger partial charge < -0.3 is 5.32 Å². The normalized spacial score (nSPS) is 11.2. The van der Waals surface area contributed by atoms with E-state index in [-0.39, 0.29) is 10.7 Å². The second-order valence-electron chi connectivity index (χ2n) is 5.84. The number of Topliss-reactive ketones (excluding diaryl/α,β-unsaturated/α-hetero) is 1. The van der Waals surface area contributed by atoms with Crippen molar-refractivity contribution in [2.45, 2.75) is 11.8 Å². The Labute approximate surface area is 161 Å². The van der Waals surface area contributed by atoms with Gasteiger partial charge in [-0.3, -0.25) is 9.59 Å². The number of hydrogen-bond donors (Lipinski definition) is 2. The van der Waals surface area contributed by atoms with Crippen LogP contribution in [0.2, 0.25) is 0 Å². The van der Waals surface area contributed by atoms with Gasteiger partial charge in [0, 0.05) is 11.3 Å². The van der Waals surface area contributed by atoms with Crippen LogP contribution in [0.5, 0.6) is 0 Å². The van der Waals surface area contributed by atoms with Gasteiger partial charge in [0.25, 0.3) is 0 Å². The zero-order valence-electron chi connectivity index (χ0n) is 14.9. The molecule has 0 bridgehead atoms. The molecule has 0 aliphatic rings. The maximum Gasteiger partial charge on any atom is 0.241 e. The first-order chi connectivity index (χ1) is 13.3. The number of nitrogens with zero attached hydrogens (tertiary/aromatic N) is 3. The molecule has 3 aromatic rings. The minimum atomic E-state index is -3.87. The molecule has 0 aliphatic carbocycles. The fourth-order valence-corrected chi connectivity index (χ4v) is 3.34. The minimum absolute atomic E-state index is 0.0255. The van der Waals surface area contributed by atoms with E-state index in [2.05, 4.69) is 20.1 Å². The molecule has 3 rings (SSSR count). The van der Waals surface area contributed by atoms with E-state index in [0.717, 1.165) is 5.69 Å². The van der Waals surface area contributed by atoms with E-state index in [1.807, 2.05) is 0 Å². The van der Waals surface area contributed by atoms with E-state index < -0.39 is 22.5 Å². The highest BCUT2D eigenvalue weighted by molar-refractivity contribution is 7.89. The molecule has 144 valence electrons. The number of nitrogens with one attached hydrogen (secondary N) is 2. The molecule has 0 atom stereocenters. The zero-order valence-corrected chi connectivity index (χ0v) is 15.7. The molecular formula is C18H17N5O4S. The lowest BCUT2D eigenvalue weighted by Gasteiger charge is -2.09. The standard InChI is InChI=1S/C18H17N5O4S/c1-13(24)14-2-8-17(9-3-14)28(26,27)21-10-18(25)22-15-4-6-16(7-5-15)23-12-19-11-20-23/h2-9,11-12,21H,10H2,1H3,(H,22,25). The second kappa shape index (κ2) is 8.11. The predicted octanol–water partition coefficient (Wildman–Crippen LogP) is 1.39. The Kier molecular flexibility index (Phi) is 5.62. The van der Waals surface area contributed by atoms with Crippen LogP contribution in [-0.4, -0.2) is 41.4 Å². The van der Waals surface area contributed by atoms with Crippen LogP contribution in [0, 0.1) is 0 Å². The number of sulfonamides is 1. The van der Waals surface area contributed by atoms with Crippen molar-refractivity contribution in [3.05, 3.63) is 66.7 Å². The van der Waals surface area contributed by atoms with Crippen molar-refractivity contribution < 1.29 is 18.0 Å². The highest BCUT2D eigenvalue weighted by atomic mass is 32.2. The molecule has 2 aromatic carbocycles. The summed E-state index contributed by atoms with van der Waals surface area (Å²) in [6.07, 6.45) is 2.96.